The molecule has 3 aliphatic rings. The van der Waals surface area contributed by atoms with E-state index in [1.54, 1.807) is 6.07 Å². The van der Waals surface area contributed by atoms with Crippen LogP contribution >= 0.6 is 0 Å². The molecule has 5 heteroatoms. The van der Waals surface area contributed by atoms with Gasteiger partial charge in [0.25, 0.3) is 0 Å². The van der Waals surface area contributed by atoms with Crippen LogP contribution in [0.25, 0.3) is 0 Å². The van der Waals surface area contributed by atoms with Crippen molar-refractivity contribution >= 4 is 0 Å². The molecule has 0 spiro atoms. The molecule has 148 valence electrons. The largest absolute Gasteiger partial charge is 0.467 e. The van der Waals surface area contributed by atoms with Gasteiger partial charge in [-0.2, -0.15) is 0 Å². The molecular weight excluding hydrogens is 355 g/mol. The number of aryl methyl sites for hydroxylation is 1. The lowest BCUT2D eigenvalue weighted by Gasteiger charge is -2.41. The van der Waals surface area contributed by atoms with Crippen LogP contribution in [0, 0.1) is 5.82 Å². The smallest absolute Gasteiger partial charge is 0.189 e. The minimum absolute atomic E-state index is 0.206. The Bertz CT molecular complexity index is 848. The summed E-state index contributed by atoms with van der Waals surface area (Å²) in [5.41, 5.74) is 4.81. The van der Waals surface area contributed by atoms with Gasteiger partial charge in [-0.15, -0.1) is 0 Å². The molecule has 0 bridgehead atoms. The van der Waals surface area contributed by atoms with E-state index in [9.17, 15) is 4.39 Å². The summed E-state index contributed by atoms with van der Waals surface area (Å²) in [6.07, 6.45) is 3.61. The monoisotopic (exact) mass is 382 g/mol. The normalized spacial score (nSPS) is 23.0. The Kier molecular flexibility index (Phi) is 5.05. The highest BCUT2D eigenvalue weighted by Gasteiger charge is 2.28. The zero-order chi connectivity index (χ0) is 18.9. The predicted molar refractivity (Wildman–Crippen MR) is 106 cm³/mol. The van der Waals surface area contributed by atoms with Crippen LogP contribution in [-0.4, -0.2) is 48.8 Å². The maximum Gasteiger partial charge on any atom is 0.189 e. The fourth-order valence-electron chi connectivity index (χ4n) is 4.89. The molecule has 1 unspecified atom stereocenters. The average Bonchev–Trinajstić information content (AvgIpc) is 2.74. The Balaban J connectivity index is 1.21. The number of hydrogen-bond acceptors (Lipinski definition) is 4. The number of nitrogens with zero attached hydrogens (tertiary/aromatic N) is 2. The maximum atomic E-state index is 14.0. The molecule has 1 aliphatic carbocycles. The fraction of sp³-hybridized carbons (Fsp3) is 0.478. The first-order chi connectivity index (χ1) is 13.8. The van der Waals surface area contributed by atoms with E-state index in [0.29, 0.717) is 12.6 Å². The van der Waals surface area contributed by atoms with Gasteiger partial charge in [0, 0.05) is 49.9 Å². The van der Waals surface area contributed by atoms with Gasteiger partial charge in [0.1, 0.15) is 11.6 Å². The quantitative estimate of drug-likeness (QED) is 0.813. The van der Waals surface area contributed by atoms with E-state index in [2.05, 4.69) is 34.1 Å². The number of benzene rings is 2. The van der Waals surface area contributed by atoms with E-state index in [-0.39, 0.29) is 12.6 Å². The molecule has 0 saturated carbocycles. The summed E-state index contributed by atoms with van der Waals surface area (Å²) in [5, 5.41) is 0. The van der Waals surface area contributed by atoms with Crippen LogP contribution in [0.4, 0.5) is 4.39 Å². The summed E-state index contributed by atoms with van der Waals surface area (Å²) in [7, 11) is 0. The lowest BCUT2D eigenvalue weighted by molar-refractivity contribution is -0.0179. The first kappa shape index (κ1) is 18.1. The minimum atomic E-state index is -0.206. The lowest BCUT2D eigenvalue weighted by atomic mass is 9.87. The first-order valence-electron chi connectivity index (χ1n) is 10.3. The highest BCUT2D eigenvalue weighted by atomic mass is 19.1. The molecule has 0 amide bonds. The van der Waals surface area contributed by atoms with Crippen LogP contribution in [0.5, 0.6) is 5.75 Å². The maximum absolute atomic E-state index is 14.0. The highest BCUT2D eigenvalue weighted by molar-refractivity contribution is 5.42. The summed E-state index contributed by atoms with van der Waals surface area (Å²) in [5.74, 6) is 0.612. The van der Waals surface area contributed by atoms with Crippen molar-refractivity contribution in [2.24, 2.45) is 0 Å². The third-order valence-electron chi connectivity index (χ3n) is 6.39. The molecule has 2 aromatic rings. The van der Waals surface area contributed by atoms with Crippen molar-refractivity contribution < 1.29 is 13.9 Å². The highest BCUT2D eigenvalue weighted by Crippen LogP contribution is 2.31. The average molecular weight is 382 g/mol. The van der Waals surface area contributed by atoms with Crippen LogP contribution in [-0.2, 0) is 30.7 Å². The Hall–Kier alpha value is -1.95. The van der Waals surface area contributed by atoms with E-state index in [0.717, 1.165) is 49.6 Å². The molecule has 1 atom stereocenters. The van der Waals surface area contributed by atoms with Gasteiger partial charge in [-0.3, -0.25) is 9.80 Å². The topological polar surface area (TPSA) is 24.9 Å². The number of rotatable bonds is 3. The van der Waals surface area contributed by atoms with E-state index in [1.807, 2.05) is 0 Å². The van der Waals surface area contributed by atoms with Gasteiger partial charge in [0.05, 0.1) is 6.61 Å². The van der Waals surface area contributed by atoms with Crippen LogP contribution in [0.15, 0.2) is 36.4 Å². The molecule has 1 saturated heterocycles. The molecule has 5 rings (SSSR count). The van der Waals surface area contributed by atoms with E-state index >= 15 is 0 Å². The number of piperazine rings is 1. The molecule has 2 aromatic carbocycles. The fourth-order valence-corrected chi connectivity index (χ4v) is 4.89. The van der Waals surface area contributed by atoms with Gasteiger partial charge in [0.2, 0.25) is 0 Å². The van der Waals surface area contributed by atoms with Gasteiger partial charge in [-0.25, -0.2) is 4.39 Å². The molecule has 2 aliphatic heterocycles. The van der Waals surface area contributed by atoms with Crippen molar-refractivity contribution in [3.05, 3.63) is 64.5 Å². The van der Waals surface area contributed by atoms with Crippen LogP contribution in [0.3, 0.4) is 0 Å². The van der Waals surface area contributed by atoms with Gasteiger partial charge < -0.3 is 9.47 Å². The summed E-state index contributed by atoms with van der Waals surface area (Å²) in [4.78, 5) is 5.07. The van der Waals surface area contributed by atoms with Crippen LogP contribution in [0.1, 0.15) is 28.7 Å². The second-order valence-electron chi connectivity index (χ2n) is 8.14. The molecule has 2 heterocycles. The zero-order valence-electron chi connectivity index (χ0n) is 16.2. The van der Waals surface area contributed by atoms with Gasteiger partial charge >= 0.3 is 0 Å². The van der Waals surface area contributed by atoms with Gasteiger partial charge in [-0.1, -0.05) is 24.3 Å². The summed E-state index contributed by atoms with van der Waals surface area (Å²) in [6, 6.07) is 12.7. The second-order valence-corrected chi connectivity index (χ2v) is 8.14. The lowest BCUT2D eigenvalue weighted by Crippen LogP contribution is -2.51. The third kappa shape index (κ3) is 3.66. The number of hydrogen-bond donors (Lipinski definition) is 0. The van der Waals surface area contributed by atoms with Crippen molar-refractivity contribution in [1.29, 1.82) is 0 Å². The molecule has 0 radical (unpaired) electrons. The standard InChI is InChI=1S/C23H27FN2O2/c24-21-11-19(23-20(12-21)15-27-16-28-23)14-25-7-9-26(10-8-25)22-6-5-17-3-1-2-4-18(17)13-22/h1-4,11-12,22H,5-10,13-16H2. The number of ether oxygens (including phenoxy) is 2. The number of fused-ring (bicyclic) bond motifs is 2. The van der Waals surface area contributed by atoms with Crippen molar-refractivity contribution in [1.82, 2.24) is 9.80 Å². The Labute approximate surface area is 165 Å². The van der Waals surface area contributed by atoms with Crippen LogP contribution < -0.4 is 4.74 Å². The molecular formula is C23H27FN2O2. The van der Waals surface area contributed by atoms with Gasteiger partial charge in [0.15, 0.2) is 6.79 Å². The molecule has 28 heavy (non-hydrogen) atoms. The van der Waals surface area contributed by atoms with Crippen molar-refractivity contribution in [3.8, 4) is 5.75 Å². The zero-order valence-corrected chi connectivity index (χ0v) is 16.2. The van der Waals surface area contributed by atoms with Crippen molar-refractivity contribution in [2.45, 2.75) is 38.5 Å². The summed E-state index contributed by atoms with van der Waals surface area (Å²) >= 11 is 0. The molecule has 1 fully saturated rings. The Morgan fingerprint density at radius 2 is 1.82 bits per heavy atom. The van der Waals surface area contributed by atoms with Gasteiger partial charge in [-0.05, 0) is 42.5 Å². The van der Waals surface area contributed by atoms with Crippen molar-refractivity contribution in [3.63, 3.8) is 0 Å². The molecule has 0 N–H and O–H groups in total. The Morgan fingerprint density at radius 3 is 2.68 bits per heavy atom. The predicted octanol–water partition coefficient (Wildman–Crippen LogP) is 3.37. The first-order valence-corrected chi connectivity index (χ1v) is 10.3. The molecule has 4 nitrogen and oxygen atoms in total. The second kappa shape index (κ2) is 7.82. The van der Waals surface area contributed by atoms with E-state index in [4.69, 9.17) is 9.47 Å². The number of halogens is 1. The van der Waals surface area contributed by atoms with E-state index in [1.165, 1.54) is 36.5 Å². The molecule has 0 aromatic heterocycles. The SMILES string of the molecule is Fc1cc2c(c(CN3CCN(C4CCc5ccccc5C4)CC3)c1)OCOC2. The third-order valence-corrected chi connectivity index (χ3v) is 6.39. The van der Waals surface area contributed by atoms with E-state index < -0.39 is 0 Å². The Morgan fingerprint density at radius 1 is 1.00 bits per heavy atom. The minimum Gasteiger partial charge on any atom is -0.467 e. The van der Waals surface area contributed by atoms with Crippen molar-refractivity contribution in [2.75, 3.05) is 33.0 Å². The van der Waals surface area contributed by atoms with Crippen LogP contribution in [0.2, 0.25) is 0 Å². The summed E-state index contributed by atoms with van der Waals surface area (Å²) < 4.78 is 25.0. The summed E-state index contributed by atoms with van der Waals surface area (Å²) in [6.45, 7) is 5.60.